The summed E-state index contributed by atoms with van der Waals surface area (Å²) >= 11 is 0. The maximum Gasteiger partial charge on any atom is 0.138 e. The zero-order chi connectivity index (χ0) is 19.8. The molecule has 0 spiro atoms. The number of nitrogens with zero attached hydrogens (tertiary/aromatic N) is 1. The molecule has 0 saturated carbocycles. The van der Waals surface area contributed by atoms with Gasteiger partial charge < -0.3 is 9.84 Å². The molecule has 1 unspecified atom stereocenters. The van der Waals surface area contributed by atoms with Gasteiger partial charge in [-0.05, 0) is 60.7 Å². The average molecular weight is 373 g/mol. The van der Waals surface area contributed by atoms with E-state index in [0.29, 0.717) is 6.61 Å². The summed E-state index contributed by atoms with van der Waals surface area (Å²) in [5.74, 6) is 0.743. The van der Waals surface area contributed by atoms with E-state index in [2.05, 4.69) is 60.1 Å². The van der Waals surface area contributed by atoms with Crippen LogP contribution >= 0.6 is 0 Å². The van der Waals surface area contributed by atoms with Gasteiger partial charge in [-0.25, -0.2) is 0 Å². The normalized spacial score (nSPS) is 12.4. The highest BCUT2D eigenvalue weighted by Crippen LogP contribution is 2.29. The van der Waals surface area contributed by atoms with Crippen molar-refractivity contribution in [2.45, 2.75) is 32.3 Å². The van der Waals surface area contributed by atoms with E-state index in [4.69, 9.17) is 4.74 Å². The monoisotopic (exact) mass is 373 g/mol. The van der Waals surface area contributed by atoms with E-state index in [9.17, 15) is 5.11 Å². The van der Waals surface area contributed by atoms with Gasteiger partial charge in [0.05, 0.1) is 18.0 Å². The molecular formula is C25H27NO2. The molecule has 0 aliphatic rings. The maximum atomic E-state index is 9.32. The molecule has 1 aromatic heterocycles. The molecule has 0 aliphatic heterocycles. The van der Waals surface area contributed by atoms with Crippen molar-refractivity contribution in [2.75, 3.05) is 6.61 Å². The highest BCUT2D eigenvalue weighted by atomic mass is 16.5. The number of hydrogen-bond donors (Lipinski definition) is 1. The van der Waals surface area contributed by atoms with Crippen LogP contribution in [0.2, 0.25) is 0 Å². The van der Waals surface area contributed by atoms with Gasteiger partial charge >= 0.3 is 0 Å². The largest absolute Gasteiger partial charge is 0.488 e. The summed E-state index contributed by atoms with van der Waals surface area (Å²) in [5.41, 5.74) is 3.22. The zero-order valence-corrected chi connectivity index (χ0v) is 16.3. The molecule has 3 aromatic rings. The highest BCUT2D eigenvalue weighted by Gasteiger charge is 2.06. The van der Waals surface area contributed by atoms with Crippen LogP contribution in [0, 0.1) is 0 Å². The molecule has 3 rings (SSSR count). The number of aliphatic hydroxyl groups is 1. The molecule has 0 bridgehead atoms. The number of rotatable bonds is 9. The quantitative estimate of drug-likeness (QED) is 0.368. The number of aliphatic hydroxyl groups excluding tert-OH is 1. The third-order valence-electron chi connectivity index (χ3n) is 4.59. The smallest absolute Gasteiger partial charge is 0.138 e. The van der Waals surface area contributed by atoms with Gasteiger partial charge in [-0.2, -0.15) is 0 Å². The summed E-state index contributed by atoms with van der Waals surface area (Å²) in [7, 11) is 0. The lowest BCUT2D eigenvalue weighted by molar-refractivity contribution is 0.182. The summed E-state index contributed by atoms with van der Waals surface area (Å²) in [4.78, 5) is 4.56. The molecule has 3 nitrogen and oxygen atoms in total. The number of ether oxygens (including phenoxy) is 1. The summed E-state index contributed by atoms with van der Waals surface area (Å²) in [6.45, 7) is 5.97. The summed E-state index contributed by atoms with van der Waals surface area (Å²) < 4.78 is 5.52. The van der Waals surface area contributed by atoms with Crippen LogP contribution in [-0.4, -0.2) is 22.8 Å². The first kappa shape index (κ1) is 19.8. The minimum absolute atomic E-state index is 0.219. The fourth-order valence-electron chi connectivity index (χ4n) is 3.16. The number of benzene rings is 2. The van der Waals surface area contributed by atoms with Crippen LogP contribution in [0.3, 0.4) is 0 Å². The Morgan fingerprint density at radius 2 is 2.07 bits per heavy atom. The SMILES string of the molecule is C=CCOc1ccc(-c2cccc3cc(/C=C/CCCC(C)O)ccc23)nc1. The Labute approximate surface area is 167 Å². The van der Waals surface area contributed by atoms with E-state index in [-0.39, 0.29) is 6.10 Å². The van der Waals surface area contributed by atoms with Gasteiger partial charge in [0.25, 0.3) is 0 Å². The fourth-order valence-corrected chi connectivity index (χ4v) is 3.16. The molecule has 1 N–H and O–H groups in total. The molecule has 0 radical (unpaired) electrons. The van der Waals surface area contributed by atoms with Gasteiger partial charge in [0.1, 0.15) is 12.4 Å². The van der Waals surface area contributed by atoms with E-state index in [1.807, 2.05) is 19.1 Å². The van der Waals surface area contributed by atoms with Crippen molar-refractivity contribution in [3.8, 4) is 17.0 Å². The summed E-state index contributed by atoms with van der Waals surface area (Å²) in [6.07, 6.45) is 10.4. The van der Waals surface area contributed by atoms with Crippen molar-refractivity contribution in [1.29, 1.82) is 0 Å². The number of allylic oxidation sites excluding steroid dienone is 1. The van der Waals surface area contributed by atoms with Crippen molar-refractivity contribution in [3.63, 3.8) is 0 Å². The van der Waals surface area contributed by atoms with Crippen LogP contribution in [-0.2, 0) is 0 Å². The van der Waals surface area contributed by atoms with Gasteiger partial charge in [0, 0.05) is 5.56 Å². The summed E-state index contributed by atoms with van der Waals surface area (Å²) in [6, 6.07) is 16.7. The Bertz CT molecular complexity index is 942. The Morgan fingerprint density at radius 1 is 1.18 bits per heavy atom. The Morgan fingerprint density at radius 3 is 2.82 bits per heavy atom. The second kappa shape index (κ2) is 9.86. The number of unbranched alkanes of at least 4 members (excludes halogenated alkanes) is 1. The number of pyridine rings is 1. The molecule has 0 fully saturated rings. The van der Waals surface area contributed by atoms with Crippen LogP contribution in [0.15, 0.2) is 73.5 Å². The lowest BCUT2D eigenvalue weighted by Crippen LogP contribution is -1.97. The highest BCUT2D eigenvalue weighted by molar-refractivity contribution is 5.96. The maximum absolute atomic E-state index is 9.32. The fraction of sp³-hybridized carbons (Fsp3) is 0.240. The van der Waals surface area contributed by atoms with Crippen molar-refractivity contribution in [2.24, 2.45) is 0 Å². The van der Waals surface area contributed by atoms with E-state index in [0.717, 1.165) is 36.3 Å². The topological polar surface area (TPSA) is 42.4 Å². The number of hydrogen-bond acceptors (Lipinski definition) is 3. The minimum Gasteiger partial charge on any atom is -0.488 e. The molecular weight excluding hydrogens is 346 g/mol. The standard InChI is InChI=1S/C25H27NO2/c1-3-16-28-22-13-15-25(26-18-22)24-11-7-10-21-17-20(12-14-23(21)24)9-6-4-5-8-19(2)27/h3,6-7,9-15,17-19,27H,1,4-5,8,16H2,2H3/b9-6+. The second-order valence-electron chi connectivity index (χ2n) is 6.95. The Balaban J connectivity index is 1.78. The molecule has 1 heterocycles. The Kier molecular flexibility index (Phi) is 6.99. The van der Waals surface area contributed by atoms with E-state index >= 15 is 0 Å². The second-order valence-corrected chi connectivity index (χ2v) is 6.95. The number of aromatic nitrogens is 1. The molecule has 2 aromatic carbocycles. The molecule has 0 amide bonds. The van der Waals surface area contributed by atoms with Crippen molar-refractivity contribution < 1.29 is 9.84 Å². The third kappa shape index (κ3) is 5.30. The molecule has 28 heavy (non-hydrogen) atoms. The molecule has 1 atom stereocenters. The lowest BCUT2D eigenvalue weighted by Gasteiger charge is -2.08. The van der Waals surface area contributed by atoms with Crippen LogP contribution in [0.25, 0.3) is 28.1 Å². The van der Waals surface area contributed by atoms with Crippen molar-refractivity contribution in [3.05, 3.63) is 79.0 Å². The third-order valence-corrected chi connectivity index (χ3v) is 4.59. The van der Waals surface area contributed by atoms with Crippen LogP contribution in [0.5, 0.6) is 5.75 Å². The lowest BCUT2D eigenvalue weighted by atomic mass is 9.99. The first-order valence-electron chi connectivity index (χ1n) is 9.75. The minimum atomic E-state index is -0.219. The van der Waals surface area contributed by atoms with Crippen LogP contribution in [0.1, 0.15) is 31.7 Å². The van der Waals surface area contributed by atoms with Crippen LogP contribution < -0.4 is 4.74 Å². The van der Waals surface area contributed by atoms with Gasteiger partial charge in [-0.3, -0.25) is 4.98 Å². The van der Waals surface area contributed by atoms with E-state index in [1.54, 1.807) is 12.3 Å². The molecule has 3 heteroatoms. The first-order chi connectivity index (χ1) is 13.7. The van der Waals surface area contributed by atoms with Gasteiger partial charge in [0.2, 0.25) is 0 Å². The van der Waals surface area contributed by atoms with Crippen LogP contribution in [0.4, 0.5) is 0 Å². The predicted molar refractivity (Wildman–Crippen MR) is 117 cm³/mol. The van der Waals surface area contributed by atoms with E-state index < -0.39 is 0 Å². The van der Waals surface area contributed by atoms with Crippen molar-refractivity contribution >= 4 is 16.8 Å². The predicted octanol–water partition coefficient (Wildman–Crippen LogP) is 6.03. The zero-order valence-electron chi connectivity index (χ0n) is 16.3. The first-order valence-corrected chi connectivity index (χ1v) is 9.75. The van der Waals surface area contributed by atoms with Crippen molar-refractivity contribution in [1.82, 2.24) is 4.98 Å². The molecule has 0 saturated heterocycles. The van der Waals surface area contributed by atoms with Gasteiger partial charge in [-0.1, -0.05) is 55.1 Å². The molecule has 144 valence electrons. The molecule has 0 aliphatic carbocycles. The summed E-state index contributed by atoms with van der Waals surface area (Å²) in [5, 5.41) is 11.7. The number of fused-ring (bicyclic) bond motifs is 1. The van der Waals surface area contributed by atoms with Gasteiger partial charge in [0.15, 0.2) is 0 Å². The Hall–Kier alpha value is -2.91. The van der Waals surface area contributed by atoms with Gasteiger partial charge in [-0.15, -0.1) is 0 Å². The van der Waals surface area contributed by atoms with E-state index in [1.165, 1.54) is 16.3 Å². The average Bonchev–Trinajstić information content (AvgIpc) is 2.71.